The first kappa shape index (κ1) is 14.8. The Balaban J connectivity index is 2.21. The number of carbonyl (C=O) groups is 2. The second kappa shape index (κ2) is 6.70. The summed E-state index contributed by atoms with van der Waals surface area (Å²) in [6, 6.07) is 15.7. The fraction of sp³-hybridized carbons (Fsp3) is 0.176. The first-order valence-electron chi connectivity index (χ1n) is 6.70. The van der Waals surface area contributed by atoms with Crippen molar-refractivity contribution in [2.75, 3.05) is 0 Å². The number of aliphatic carboxylic acids is 1. The molecule has 0 fully saturated rings. The third-order valence-corrected chi connectivity index (χ3v) is 3.16. The van der Waals surface area contributed by atoms with Crippen LogP contribution in [-0.4, -0.2) is 17.0 Å². The lowest BCUT2D eigenvalue weighted by Crippen LogP contribution is -2.30. The first-order valence-corrected chi connectivity index (χ1v) is 6.70. The van der Waals surface area contributed by atoms with E-state index in [-0.39, 0.29) is 12.3 Å². The highest BCUT2D eigenvalue weighted by Crippen LogP contribution is 2.19. The highest BCUT2D eigenvalue weighted by atomic mass is 16.4. The number of nitrogens with one attached hydrogen (secondary N) is 1. The smallest absolute Gasteiger partial charge is 0.305 e. The van der Waals surface area contributed by atoms with E-state index in [9.17, 15) is 9.59 Å². The molecular formula is C17H17NO3. The average Bonchev–Trinajstić information content (AvgIpc) is 2.47. The molecule has 0 aliphatic carbocycles. The van der Waals surface area contributed by atoms with Crippen LogP contribution in [0.3, 0.4) is 0 Å². The maximum Gasteiger partial charge on any atom is 0.305 e. The third-order valence-electron chi connectivity index (χ3n) is 3.16. The fourth-order valence-corrected chi connectivity index (χ4v) is 2.14. The van der Waals surface area contributed by atoms with E-state index in [1.165, 1.54) is 0 Å². The van der Waals surface area contributed by atoms with Gasteiger partial charge in [0.2, 0.25) is 0 Å². The van der Waals surface area contributed by atoms with Gasteiger partial charge in [0.25, 0.3) is 5.91 Å². The third kappa shape index (κ3) is 4.18. The summed E-state index contributed by atoms with van der Waals surface area (Å²) in [5.41, 5.74) is 2.33. The standard InChI is InChI=1S/C17H17NO3/c1-12-6-5-9-14(10-12)15(11-16(19)20)18-17(21)13-7-3-2-4-8-13/h2-10,15H,11H2,1H3,(H,18,21)(H,19,20). The lowest BCUT2D eigenvalue weighted by molar-refractivity contribution is -0.137. The van der Waals surface area contributed by atoms with Crippen LogP contribution >= 0.6 is 0 Å². The van der Waals surface area contributed by atoms with Crippen molar-refractivity contribution in [3.63, 3.8) is 0 Å². The Kier molecular flexibility index (Phi) is 4.72. The number of benzene rings is 2. The molecule has 2 N–H and O–H groups in total. The minimum Gasteiger partial charge on any atom is -0.481 e. The molecule has 0 aliphatic rings. The predicted octanol–water partition coefficient (Wildman–Crippen LogP) is 2.94. The maximum atomic E-state index is 12.2. The van der Waals surface area contributed by atoms with Gasteiger partial charge in [0.1, 0.15) is 0 Å². The van der Waals surface area contributed by atoms with Gasteiger partial charge >= 0.3 is 5.97 Å². The van der Waals surface area contributed by atoms with Crippen LogP contribution in [0.2, 0.25) is 0 Å². The van der Waals surface area contributed by atoms with E-state index < -0.39 is 12.0 Å². The molecule has 0 spiro atoms. The van der Waals surface area contributed by atoms with Gasteiger partial charge in [-0.1, -0.05) is 48.0 Å². The number of carboxylic acid groups (broad SMARTS) is 1. The summed E-state index contributed by atoms with van der Waals surface area (Å²) in [5, 5.41) is 11.8. The Labute approximate surface area is 123 Å². The van der Waals surface area contributed by atoms with Crippen LogP contribution in [0.4, 0.5) is 0 Å². The van der Waals surface area contributed by atoms with Crippen molar-refractivity contribution in [2.45, 2.75) is 19.4 Å². The number of hydrogen-bond acceptors (Lipinski definition) is 2. The molecule has 1 unspecified atom stereocenters. The molecule has 0 bridgehead atoms. The summed E-state index contributed by atoms with van der Waals surface area (Å²) in [5.74, 6) is -1.22. The van der Waals surface area contributed by atoms with Crippen molar-refractivity contribution >= 4 is 11.9 Å². The molecule has 21 heavy (non-hydrogen) atoms. The van der Waals surface area contributed by atoms with E-state index in [2.05, 4.69) is 5.32 Å². The summed E-state index contributed by atoms with van der Waals surface area (Å²) < 4.78 is 0. The summed E-state index contributed by atoms with van der Waals surface area (Å²) in [6.07, 6.45) is -0.151. The Morgan fingerprint density at radius 1 is 1.10 bits per heavy atom. The molecule has 108 valence electrons. The van der Waals surface area contributed by atoms with Crippen molar-refractivity contribution in [1.82, 2.24) is 5.32 Å². The normalized spacial score (nSPS) is 11.7. The topological polar surface area (TPSA) is 66.4 Å². The molecule has 0 radical (unpaired) electrons. The fourth-order valence-electron chi connectivity index (χ4n) is 2.14. The zero-order valence-electron chi connectivity index (χ0n) is 11.7. The average molecular weight is 283 g/mol. The summed E-state index contributed by atoms with van der Waals surface area (Å²) >= 11 is 0. The number of amides is 1. The van der Waals surface area contributed by atoms with Crippen LogP contribution in [0.1, 0.15) is 33.9 Å². The van der Waals surface area contributed by atoms with Crippen molar-refractivity contribution in [2.24, 2.45) is 0 Å². The molecule has 2 rings (SSSR count). The molecule has 0 heterocycles. The van der Waals surface area contributed by atoms with Gasteiger partial charge in [0, 0.05) is 5.56 Å². The Morgan fingerprint density at radius 3 is 2.43 bits per heavy atom. The summed E-state index contributed by atoms with van der Waals surface area (Å²) in [7, 11) is 0. The Morgan fingerprint density at radius 2 is 1.81 bits per heavy atom. The molecule has 2 aromatic carbocycles. The molecule has 0 aromatic heterocycles. The van der Waals surface area contributed by atoms with Crippen LogP contribution in [0.15, 0.2) is 54.6 Å². The largest absolute Gasteiger partial charge is 0.481 e. The Hall–Kier alpha value is -2.62. The molecule has 1 atom stereocenters. The minimum absolute atomic E-state index is 0.151. The zero-order chi connectivity index (χ0) is 15.2. The van der Waals surface area contributed by atoms with Gasteiger partial charge < -0.3 is 10.4 Å². The lowest BCUT2D eigenvalue weighted by atomic mass is 10.0. The quantitative estimate of drug-likeness (QED) is 0.886. The Bertz CT molecular complexity index is 637. The molecule has 0 saturated heterocycles. The highest BCUT2D eigenvalue weighted by Gasteiger charge is 2.18. The second-order valence-corrected chi connectivity index (χ2v) is 4.90. The van der Waals surface area contributed by atoms with Gasteiger partial charge in [-0.25, -0.2) is 0 Å². The molecule has 4 nitrogen and oxygen atoms in total. The van der Waals surface area contributed by atoms with Crippen LogP contribution in [0.5, 0.6) is 0 Å². The van der Waals surface area contributed by atoms with Crippen LogP contribution in [-0.2, 0) is 4.79 Å². The van der Waals surface area contributed by atoms with Gasteiger partial charge in [0.05, 0.1) is 12.5 Å². The summed E-state index contributed by atoms with van der Waals surface area (Å²) in [4.78, 5) is 23.2. The van der Waals surface area contributed by atoms with E-state index in [1.807, 2.05) is 37.3 Å². The monoisotopic (exact) mass is 283 g/mol. The molecule has 2 aromatic rings. The zero-order valence-corrected chi connectivity index (χ0v) is 11.7. The van der Waals surface area contributed by atoms with Crippen molar-refractivity contribution in [3.8, 4) is 0 Å². The van der Waals surface area contributed by atoms with Crippen LogP contribution in [0, 0.1) is 6.92 Å². The molecule has 0 aliphatic heterocycles. The SMILES string of the molecule is Cc1cccc(C(CC(=O)O)NC(=O)c2ccccc2)c1. The summed E-state index contributed by atoms with van der Waals surface area (Å²) in [6.45, 7) is 1.93. The van der Waals surface area contributed by atoms with E-state index in [4.69, 9.17) is 5.11 Å². The number of carbonyl (C=O) groups excluding carboxylic acids is 1. The first-order chi connectivity index (χ1) is 10.1. The maximum absolute atomic E-state index is 12.2. The van der Waals surface area contributed by atoms with E-state index in [1.54, 1.807) is 24.3 Å². The van der Waals surface area contributed by atoms with Gasteiger partial charge in [-0.05, 0) is 24.6 Å². The van der Waals surface area contributed by atoms with Gasteiger partial charge in [-0.3, -0.25) is 9.59 Å². The number of hydrogen-bond donors (Lipinski definition) is 2. The molecule has 1 amide bonds. The molecule has 0 saturated carbocycles. The van der Waals surface area contributed by atoms with E-state index in [0.29, 0.717) is 5.56 Å². The minimum atomic E-state index is -0.949. The second-order valence-electron chi connectivity index (χ2n) is 4.90. The molecule has 4 heteroatoms. The van der Waals surface area contributed by atoms with Crippen molar-refractivity contribution in [3.05, 3.63) is 71.3 Å². The van der Waals surface area contributed by atoms with Crippen LogP contribution < -0.4 is 5.32 Å². The lowest BCUT2D eigenvalue weighted by Gasteiger charge is -2.18. The predicted molar refractivity (Wildman–Crippen MR) is 80.1 cm³/mol. The van der Waals surface area contributed by atoms with E-state index >= 15 is 0 Å². The highest BCUT2D eigenvalue weighted by molar-refractivity contribution is 5.94. The van der Waals surface area contributed by atoms with Gasteiger partial charge in [0.15, 0.2) is 0 Å². The van der Waals surface area contributed by atoms with Gasteiger partial charge in [-0.15, -0.1) is 0 Å². The van der Waals surface area contributed by atoms with Gasteiger partial charge in [-0.2, -0.15) is 0 Å². The van der Waals surface area contributed by atoms with Crippen molar-refractivity contribution < 1.29 is 14.7 Å². The van der Waals surface area contributed by atoms with Crippen molar-refractivity contribution in [1.29, 1.82) is 0 Å². The molecular weight excluding hydrogens is 266 g/mol. The van der Waals surface area contributed by atoms with Crippen LogP contribution in [0.25, 0.3) is 0 Å². The van der Waals surface area contributed by atoms with E-state index in [0.717, 1.165) is 11.1 Å². The number of rotatable bonds is 5. The number of aryl methyl sites for hydroxylation is 1. The number of carboxylic acids is 1.